The molecule has 0 radical (unpaired) electrons. The minimum Gasteiger partial charge on any atom is -0.394 e. The van der Waals surface area contributed by atoms with Gasteiger partial charge in [-0.15, -0.1) is 0 Å². The molecule has 0 aliphatic carbocycles. The molecule has 154 valence electrons. The summed E-state index contributed by atoms with van der Waals surface area (Å²) in [6.07, 6.45) is 0. The van der Waals surface area contributed by atoms with E-state index in [0.29, 0.717) is 79.3 Å². The molecular formula is C16H36O9. The molecule has 0 aromatic heterocycles. The van der Waals surface area contributed by atoms with Gasteiger partial charge in [0.2, 0.25) is 0 Å². The topological polar surface area (TPSA) is 105 Å². The molecule has 0 atom stereocenters. The van der Waals surface area contributed by atoms with Crippen molar-refractivity contribution in [2.75, 3.05) is 107 Å². The van der Waals surface area contributed by atoms with Crippen molar-refractivity contribution in [1.29, 1.82) is 0 Å². The Kier molecular flexibility index (Phi) is 30.6. The third-order valence-corrected chi connectivity index (χ3v) is 2.45. The lowest BCUT2D eigenvalue weighted by atomic mass is 10.7. The van der Waals surface area contributed by atoms with Crippen LogP contribution in [-0.2, 0) is 33.2 Å². The van der Waals surface area contributed by atoms with Crippen molar-refractivity contribution in [3.63, 3.8) is 0 Å². The molecule has 0 amide bonds. The lowest BCUT2D eigenvalue weighted by Crippen LogP contribution is -2.12. The maximum atomic E-state index is 8.39. The molecule has 0 aliphatic rings. The Morgan fingerprint density at radius 2 is 0.640 bits per heavy atom. The van der Waals surface area contributed by atoms with Gasteiger partial charge in [0.05, 0.1) is 92.5 Å². The zero-order valence-electron chi connectivity index (χ0n) is 15.7. The van der Waals surface area contributed by atoms with Crippen molar-refractivity contribution >= 4 is 0 Å². The van der Waals surface area contributed by atoms with Gasteiger partial charge in [0.15, 0.2) is 0 Å². The highest BCUT2D eigenvalue weighted by molar-refractivity contribution is 4.34. The van der Waals surface area contributed by atoms with Gasteiger partial charge in [-0.05, 0) is 0 Å². The monoisotopic (exact) mass is 372 g/mol. The third-order valence-electron chi connectivity index (χ3n) is 2.45. The Morgan fingerprint density at radius 3 is 0.880 bits per heavy atom. The minimum atomic E-state index is 0.0557. The summed E-state index contributed by atoms with van der Waals surface area (Å²) in [6.45, 7) is 6.56. The summed E-state index contributed by atoms with van der Waals surface area (Å²) in [5.74, 6) is 0. The molecule has 0 heterocycles. The van der Waals surface area contributed by atoms with Crippen molar-refractivity contribution in [3.8, 4) is 0 Å². The molecule has 0 saturated heterocycles. The molecule has 0 rings (SSSR count). The predicted molar refractivity (Wildman–Crippen MR) is 92.0 cm³/mol. The second kappa shape index (κ2) is 28.4. The van der Waals surface area contributed by atoms with E-state index in [2.05, 4.69) is 0 Å². The first kappa shape index (κ1) is 26.9. The minimum absolute atomic E-state index is 0.0557. The zero-order valence-corrected chi connectivity index (χ0v) is 15.7. The Balaban J connectivity index is 0. The highest BCUT2D eigenvalue weighted by Crippen LogP contribution is 1.81. The second-order valence-corrected chi connectivity index (χ2v) is 4.49. The van der Waals surface area contributed by atoms with E-state index in [1.165, 1.54) is 0 Å². The van der Waals surface area contributed by atoms with Crippen molar-refractivity contribution < 1.29 is 43.4 Å². The Labute approximate surface area is 151 Å². The zero-order chi connectivity index (χ0) is 18.8. The molecule has 9 heteroatoms. The lowest BCUT2D eigenvalue weighted by Gasteiger charge is -2.05. The van der Waals surface area contributed by atoms with Crippen molar-refractivity contribution in [1.82, 2.24) is 0 Å². The summed E-state index contributed by atoms with van der Waals surface area (Å²) in [5, 5.41) is 16.7. The van der Waals surface area contributed by atoms with Crippen LogP contribution in [0.2, 0.25) is 0 Å². The molecule has 9 nitrogen and oxygen atoms in total. The highest BCUT2D eigenvalue weighted by Gasteiger charge is 1.90. The van der Waals surface area contributed by atoms with E-state index in [-0.39, 0.29) is 13.2 Å². The Bertz CT molecular complexity index is 188. The van der Waals surface area contributed by atoms with Gasteiger partial charge in [0.25, 0.3) is 0 Å². The molecule has 0 aliphatic heterocycles. The Morgan fingerprint density at radius 1 is 0.400 bits per heavy atom. The summed E-state index contributed by atoms with van der Waals surface area (Å²) in [6, 6.07) is 0. The first-order valence-corrected chi connectivity index (χ1v) is 8.41. The quantitative estimate of drug-likeness (QED) is 0.286. The summed E-state index contributed by atoms with van der Waals surface area (Å²) in [5.41, 5.74) is 0. The number of hydrogen-bond acceptors (Lipinski definition) is 9. The van der Waals surface area contributed by atoms with Crippen LogP contribution in [0.25, 0.3) is 0 Å². The van der Waals surface area contributed by atoms with Gasteiger partial charge in [0, 0.05) is 14.2 Å². The lowest BCUT2D eigenvalue weighted by molar-refractivity contribution is -0.000973. The number of rotatable bonds is 19. The molecule has 0 bridgehead atoms. The fourth-order valence-corrected chi connectivity index (χ4v) is 1.28. The average molecular weight is 372 g/mol. The van der Waals surface area contributed by atoms with Crippen LogP contribution in [0.1, 0.15) is 0 Å². The normalized spacial score (nSPS) is 10.6. The second-order valence-electron chi connectivity index (χ2n) is 4.49. The molecule has 2 N–H and O–H groups in total. The smallest absolute Gasteiger partial charge is 0.0701 e. The van der Waals surface area contributed by atoms with Crippen LogP contribution in [0.5, 0.6) is 0 Å². The largest absolute Gasteiger partial charge is 0.394 e. The summed E-state index contributed by atoms with van der Waals surface area (Å²) in [7, 11) is 3.27. The van der Waals surface area contributed by atoms with E-state index in [9.17, 15) is 0 Å². The molecule has 25 heavy (non-hydrogen) atoms. The summed E-state index contributed by atoms with van der Waals surface area (Å²) < 4.78 is 35.0. The molecule has 0 saturated carbocycles. The van der Waals surface area contributed by atoms with E-state index in [1.807, 2.05) is 0 Å². The van der Waals surface area contributed by atoms with Crippen LogP contribution in [-0.4, -0.2) is 117 Å². The van der Waals surface area contributed by atoms with E-state index >= 15 is 0 Å². The van der Waals surface area contributed by atoms with Gasteiger partial charge in [-0.25, -0.2) is 0 Å². The third kappa shape index (κ3) is 31.9. The number of methoxy groups -OCH3 is 2. The maximum Gasteiger partial charge on any atom is 0.0701 e. The van der Waals surface area contributed by atoms with E-state index in [0.717, 1.165) is 0 Å². The van der Waals surface area contributed by atoms with Crippen LogP contribution < -0.4 is 0 Å². The maximum absolute atomic E-state index is 8.39. The SMILES string of the molecule is COCCOCCOCCO.COCCOCCOCCOCCO. The summed E-state index contributed by atoms with van der Waals surface area (Å²) >= 11 is 0. The number of aliphatic hydroxyl groups is 2. The number of ether oxygens (including phenoxy) is 7. The van der Waals surface area contributed by atoms with Crippen molar-refractivity contribution in [3.05, 3.63) is 0 Å². The molecular weight excluding hydrogens is 336 g/mol. The molecule has 0 fully saturated rings. The highest BCUT2D eigenvalue weighted by atomic mass is 16.6. The fourth-order valence-electron chi connectivity index (χ4n) is 1.28. The van der Waals surface area contributed by atoms with Gasteiger partial charge >= 0.3 is 0 Å². The first-order chi connectivity index (χ1) is 12.3. The molecule has 0 unspecified atom stereocenters. The van der Waals surface area contributed by atoms with Crippen LogP contribution in [0, 0.1) is 0 Å². The van der Waals surface area contributed by atoms with Gasteiger partial charge in [-0.3, -0.25) is 0 Å². The van der Waals surface area contributed by atoms with Gasteiger partial charge in [0.1, 0.15) is 0 Å². The first-order valence-electron chi connectivity index (χ1n) is 8.41. The van der Waals surface area contributed by atoms with Crippen LogP contribution in [0.4, 0.5) is 0 Å². The fraction of sp³-hybridized carbons (Fsp3) is 1.00. The predicted octanol–water partition coefficient (Wildman–Crippen LogP) is -0.667. The van der Waals surface area contributed by atoms with Gasteiger partial charge in [-0.1, -0.05) is 0 Å². The van der Waals surface area contributed by atoms with E-state index in [4.69, 9.17) is 43.4 Å². The van der Waals surface area contributed by atoms with Gasteiger partial charge < -0.3 is 43.4 Å². The van der Waals surface area contributed by atoms with Crippen LogP contribution in [0.3, 0.4) is 0 Å². The number of hydrogen-bond donors (Lipinski definition) is 2. The molecule has 0 aromatic rings. The molecule has 0 aromatic carbocycles. The number of aliphatic hydroxyl groups excluding tert-OH is 2. The van der Waals surface area contributed by atoms with Crippen LogP contribution >= 0.6 is 0 Å². The molecule has 0 spiro atoms. The van der Waals surface area contributed by atoms with Gasteiger partial charge in [-0.2, -0.15) is 0 Å². The van der Waals surface area contributed by atoms with E-state index in [1.54, 1.807) is 14.2 Å². The standard InChI is InChI=1S/C9H20O5.C7H16O4/c1-11-4-5-13-8-9-14-7-6-12-3-2-10;1-9-4-5-11-7-6-10-3-2-8/h10H,2-9H2,1H3;8H,2-7H2,1H3. The van der Waals surface area contributed by atoms with Crippen molar-refractivity contribution in [2.45, 2.75) is 0 Å². The average Bonchev–Trinajstić information content (AvgIpc) is 2.63. The van der Waals surface area contributed by atoms with Crippen LogP contribution in [0.15, 0.2) is 0 Å². The van der Waals surface area contributed by atoms with Crippen molar-refractivity contribution in [2.24, 2.45) is 0 Å². The summed E-state index contributed by atoms with van der Waals surface area (Å²) in [4.78, 5) is 0. The Hall–Kier alpha value is -0.360. The van der Waals surface area contributed by atoms with E-state index < -0.39 is 0 Å².